The van der Waals surface area contributed by atoms with Crippen LogP contribution in [0, 0.1) is 6.92 Å². The number of rotatable bonds is 6. The van der Waals surface area contributed by atoms with Crippen LogP contribution in [0.25, 0.3) is 0 Å². The van der Waals surface area contributed by atoms with Gasteiger partial charge in [0.05, 0.1) is 11.4 Å². The first kappa shape index (κ1) is 13.5. The number of nitrogens with zero attached hydrogens (tertiary/aromatic N) is 3. The standard InChI is InChI=1S/C13H22N6/c1-9(2)19-13(12(14)10(3)18-19)17-6-4-5-11-15-7-8-16-11/h7-9,17H,4-6,14H2,1-3H3,(H,15,16). The number of aryl methyl sites for hydroxylation is 2. The van der Waals surface area contributed by atoms with Gasteiger partial charge in [0.25, 0.3) is 0 Å². The van der Waals surface area contributed by atoms with Gasteiger partial charge in [0.2, 0.25) is 0 Å². The Morgan fingerprint density at radius 3 is 2.89 bits per heavy atom. The molecule has 104 valence electrons. The average molecular weight is 262 g/mol. The van der Waals surface area contributed by atoms with Gasteiger partial charge >= 0.3 is 0 Å². The van der Waals surface area contributed by atoms with E-state index in [1.54, 1.807) is 6.20 Å². The van der Waals surface area contributed by atoms with Gasteiger partial charge in [-0.3, -0.25) is 0 Å². The fourth-order valence-electron chi connectivity index (χ4n) is 2.01. The van der Waals surface area contributed by atoms with Crippen LogP contribution in [0.15, 0.2) is 12.4 Å². The lowest BCUT2D eigenvalue weighted by Gasteiger charge is -2.13. The number of nitrogens with one attached hydrogen (secondary N) is 2. The van der Waals surface area contributed by atoms with E-state index >= 15 is 0 Å². The molecule has 4 N–H and O–H groups in total. The van der Waals surface area contributed by atoms with Crippen molar-refractivity contribution < 1.29 is 0 Å². The Morgan fingerprint density at radius 2 is 2.26 bits per heavy atom. The molecular weight excluding hydrogens is 240 g/mol. The first-order valence-corrected chi connectivity index (χ1v) is 6.66. The lowest BCUT2D eigenvalue weighted by molar-refractivity contribution is 0.534. The second kappa shape index (κ2) is 5.77. The van der Waals surface area contributed by atoms with Crippen LogP contribution in [0.5, 0.6) is 0 Å². The van der Waals surface area contributed by atoms with Crippen molar-refractivity contribution in [3.8, 4) is 0 Å². The summed E-state index contributed by atoms with van der Waals surface area (Å²) in [7, 11) is 0. The van der Waals surface area contributed by atoms with Gasteiger partial charge in [0, 0.05) is 31.4 Å². The summed E-state index contributed by atoms with van der Waals surface area (Å²) in [6.45, 7) is 6.98. The maximum absolute atomic E-state index is 6.05. The van der Waals surface area contributed by atoms with E-state index in [1.807, 2.05) is 17.8 Å². The highest BCUT2D eigenvalue weighted by atomic mass is 15.4. The Bertz CT molecular complexity index is 511. The van der Waals surface area contributed by atoms with Gasteiger partial charge in [-0.15, -0.1) is 0 Å². The quantitative estimate of drug-likeness (QED) is 0.696. The van der Waals surface area contributed by atoms with Gasteiger partial charge in [0.15, 0.2) is 0 Å². The summed E-state index contributed by atoms with van der Waals surface area (Å²) in [5.41, 5.74) is 7.67. The second-order valence-corrected chi connectivity index (χ2v) is 4.95. The van der Waals surface area contributed by atoms with E-state index in [-0.39, 0.29) is 0 Å². The third-order valence-corrected chi connectivity index (χ3v) is 3.06. The molecule has 2 aromatic heterocycles. The minimum Gasteiger partial charge on any atom is -0.394 e. The smallest absolute Gasteiger partial charge is 0.148 e. The Kier molecular flexibility index (Phi) is 4.09. The van der Waals surface area contributed by atoms with E-state index in [1.165, 1.54) is 0 Å². The average Bonchev–Trinajstić information content (AvgIpc) is 2.97. The third kappa shape index (κ3) is 3.07. The van der Waals surface area contributed by atoms with Crippen LogP contribution in [0.2, 0.25) is 0 Å². The molecule has 0 aliphatic heterocycles. The SMILES string of the molecule is Cc1nn(C(C)C)c(NCCCc2ncc[nH]2)c1N. The molecule has 0 amide bonds. The number of nitrogens with two attached hydrogens (primary N) is 1. The molecular formula is C13H22N6. The minimum absolute atomic E-state index is 0.295. The normalized spacial score (nSPS) is 11.2. The van der Waals surface area contributed by atoms with E-state index in [4.69, 9.17) is 5.73 Å². The van der Waals surface area contributed by atoms with Crippen LogP contribution in [0.1, 0.15) is 37.8 Å². The summed E-state index contributed by atoms with van der Waals surface area (Å²) >= 11 is 0. The fourth-order valence-corrected chi connectivity index (χ4v) is 2.01. The zero-order valence-electron chi connectivity index (χ0n) is 11.8. The predicted octanol–water partition coefficient (Wildman–Crippen LogP) is 2.12. The highest BCUT2D eigenvalue weighted by molar-refractivity contribution is 5.64. The van der Waals surface area contributed by atoms with Crippen molar-refractivity contribution in [1.29, 1.82) is 0 Å². The summed E-state index contributed by atoms with van der Waals surface area (Å²) in [4.78, 5) is 7.30. The number of aromatic nitrogens is 4. The number of aromatic amines is 1. The number of nitrogen functional groups attached to an aromatic ring is 1. The van der Waals surface area contributed by atoms with Crippen LogP contribution in [-0.4, -0.2) is 26.3 Å². The van der Waals surface area contributed by atoms with Crippen LogP contribution in [0.4, 0.5) is 11.5 Å². The molecule has 19 heavy (non-hydrogen) atoms. The third-order valence-electron chi connectivity index (χ3n) is 3.06. The van der Waals surface area contributed by atoms with Crippen LogP contribution in [0.3, 0.4) is 0 Å². The second-order valence-electron chi connectivity index (χ2n) is 4.95. The number of hydrogen-bond acceptors (Lipinski definition) is 4. The number of H-pyrrole nitrogens is 1. The maximum Gasteiger partial charge on any atom is 0.148 e. The molecule has 0 aliphatic rings. The Balaban J connectivity index is 1.92. The monoisotopic (exact) mass is 262 g/mol. The summed E-state index contributed by atoms with van der Waals surface area (Å²) in [5.74, 6) is 1.94. The zero-order valence-corrected chi connectivity index (χ0v) is 11.8. The molecule has 0 bridgehead atoms. The first-order valence-electron chi connectivity index (χ1n) is 6.66. The Hall–Kier alpha value is -1.98. The van der Waals surface area contributed by atoms with Gasteiger partial charge in [0.1, 0.15) is 11.6 Å². The molecule has 0 aliphatic carbocycles. The van der Waals surface area contributed by atoms with Crippen molar-refractivity contribution in [3.63, 3.8) is 0 Å². The van der Waals surface area contributed by atoms with Crippen molar-refractivity contribution in [2.75, 3.05) is 17.6 Å². The molecule has 6 heteroatoms. The molecule has 0 aromatic carbocycles. The predicted molar refractivity (Wildman–Crippen MR) is 77.2 cm³/mol. The molecule has 0 fully saturated rings. The topological polar surface area (TPSA) is 84.5 Å². The number of imidazole rings is 1. The zero-order chi connectivity index (χ0) is 13.8. The van der Waals surface area contributed by atoms with E-state index in [9.17, 15) is 0 Å². The molecule has 2 heterocycles. The van der Waals surface area contributed by atoms with E-state index in [0.717, 1.165) is 42.4 Å². The van der Waals surface area contributed by atoms with Crippen molar-refractivity contribution in [2.24, 2.45) is 0 Å². The molecule has 0 radical (unpaired) electrons. The van der Waals surface area contributed by atoms with Crippen molar-refractivity contribution in [3.05, 3.63) is 23.9 Å². The molecule has 2 rings (SSSR count). The largest absolute Gasteiger partial charge is 0.394 e. The van der Waals surface area contributed by atoms with E-state index in [0.29, 0.717) is 6.04 Å². The molecule has 0 saturated heterocycles. The first-order chi connectivity index (χ1) is 9.09. The summed E-state index contributed by atoms with van der Waals surface area (Å²) in [6, 6.07) is 0.295. The van der Waals surface area contributed by atoms with Crippen LogP contribution < -0.4 is 11.1 Å². The number of anilines is 2. The molecule has 0 saturated carbocycles. The number of hydrogen-bond donors (Lipinski definition) is 3. The molecule has 2 aromatic rings. The van der Waals surface area contributed by atoms with Crippen LogP contribution >= 0.6 is 0 Å². The highest BCUT2D eigenvalue weighted by Crippen LogP contribution is 2.25. The van der Waals surface area contributed by atoms with Crippen molar-refractivity contribution in [2.45, 2.75) is 39.7 Å². The Morgan fingerprint density at radius 1 is 1.47 bits per heavy atom. The van der Waals surface area contributed by atoms with E-state index < -0.39 is 0 Å². The summed E-state index contributed by atoms with van der Waals surface area (Å²) in [5, 5.41) is 7.83. The lowest BCUT2D eigenvalue weighted by atomic mass is 10.3. The summed E-state index contributed by atoms with van der Waals surface area (Å²) in [6.07, 6.45) is 5.54. The summed E-state index contributed by atoms with van der Waals surface area (Å²) < 4.78 is 1.94. The molecule has 0 unspecified atom stereocenters. The Labute approximate surface area is 113 Å². The molecule has 6 nitrogen and oxygen atoms in total. The van der Waals surface area contributed by atoms with Gasteiger partial charge in [-0.1, -0.05) is 0 Å². The molecule has 0 atom stereocenters. The van der Waals surface area contributed by atoms with Gasteiger partial charge in [-0.2, -0.15) is 5.10 Å². The van der Waals surface area contributed by atoms with Crippen molar-refractivity contribution in [1.82, 2.24) is 19.7 Å². The molecule has 0 spiro atoms. The fraction of sp³-hybridized carbons (Fsp3) is 0.538. The lowest BCUT2D eigenvalue weighted by Crippen LogP contribution is -2.12. The van der Waals surface area contributed by atoms with Crippen LogP contribution in [-0.2, 0) is 6.42 Å². The van der Waals surface area contributed by atoms with Gasteiger partial charge in [-0.05, 0) is 27.2 Å². The highest BCUT2D eigenvalue weighted by Gasteiger charge is 2.13. The van der Waals surface area contributed by atoms with E-state index in [2.05, 4.69) is 34.2 Å². The van der Waals surface area contributed by atoms with Gasteiger partial charge in [-0.25, -0.2) is 9.67 Å². The van der Waals surface area contributed by atoms with Gasteiger partial charge < -0.3 is 16.0 Å². The minimum atomic E-state index is 0.295. The van der Waals surface area contributed by atoms with Crippen molar-refractivity contribution >= 4 is 11.5 Å². The maximum atomic E-state index is 6.05.